The molecule has 9 aromatic carbocycles. The number of nitrogens with one attached hydrogen (secondary N) is 2. The van der Waals surface area contributed by atoms with Gasteiger partial charge in [-0.05, 0) is 177 Å². The zero-order chi connectivity index (χ0) is 57.5. The summed E-state index contributed by atoms with van der Waals surface area (Å²) in [4.78, 5) is 7.82. The van der Waals surface area contributed by atoms with Gasteiger partial charge in [0.05, 0.1) is 11.4 Å². The van der Waals surface area contributed by atoms with Gasteiger partial charge in [-0.3, -0.25) is 0 Å². The summed E-state index contributed by atoms with van der Waals surface area (Å²) in [7, 11) is 0. The maximum absolute atomic E-state index is 7.61. The lowest BCUT2D eigenvalue weighted by atomic mass is 9.27. The van der Waals surface area contributed by atoms with E-state index < -0.39 is 0 Å². The van der Waals surface area contributed by atoms with E-state index in [2.05, 4.69) is 281 Å². The minimum Gasteiger partial charge on any atom is -0.453 e. The van der Waals surface area contributed by atoms with Crippen LogP contribution in [-0.2, 0) is 27.1 Å². The van der Waals surface area contributed by atoms with Gasteiger partial charge >= 0.3 is 0 Å². The number of nitrogens with zero attached hydrogens (tertiary/aromatic N) is 3. The highest BCUT2D eigenvalue weighted by Crippen LogP contribution is 2.57. The topological polar surface area (TPSA) is 43.0 Å². The number of para-hydroxylation sites is 2. The van der Waals surface area contributed by atoms with Gasteiger partial charge in [0.15, 0.2) is 11.5 Å². The van der Waals surface area contributed by atoms with Crippen LogP contribution >= 0.6 is 0 Å². The van der Waals surface area contributed by atoms with E-state index in [4.69, 9.17) is 4.74 Å². The highest BCUT2D eigenvalue weighted by molar-refractivity contribution is 7.06. The van der Waals surface area contributed by atoms with E-state index in [1.54, 1.807) is 0 Å². The predicted molar refractivity (Wildman–Crippen MR) is 357 cm³/mol. The highest BCUT2D eigenvalue weighted by atomic mass is 16.5. The molecular formula is C74H72B3N5O. The molecule has 0 saturated carbocycles. The largest absolute Gasteiger partial charge is 0.453 e. The molecule has 0 radical (unpaired) electrons. The van der Waals surface area contributed by atoms with Crippen molar-refractivity contribution in [3.8, 4) is 11.5 Å². The van der Waals surface area contributed by atoms with Gasteiger partial charge in [-0.15, -0.1) is 0 Å². The van der Waals surface area contributed by atoms with Crippen molar-refractivity contribution in [3.05, 3.63) is 179 Å². The smallest absolute Gasteiger partial charge is 0.252 e. The minimum absolute atomic E-state index is 0.0450. The average Bonchev–Trinajstić information content (AvgIpc) is 0.709. The van der Waals surface area contributed by atoms with E-state index in [-0.39, 0.29) is 47.2 Å². The zero-order valence-corrected chi connectivity index (χ0v) is 50.9. The maximum Gasteiger partial charge on any atom is 0.252 e. The van der Waals surface area contributed by atoms with E-state index >= 15 is 0 Å². The highest BCUT2D eigenvalue weighted by Gasteiger charge is 2.55. The van der Waals surface area contributed by atoms with Gasteiger partial charge in [-0.2, -0.15) is 0 Å². The van der Waals surface area contributed by atoms with Crippen LogP contribution in [-0.4, -0.2) is 20.1 Å². The summed E-state index contributed by atoms with van der Waals surface area (Å²) in [6, 6.07) is 59.2. The first-order chi connectivity index (χ1) is 39.3. The van der Waals surface area contributed by atoms with Crippen molar-refractivity contribution in [3.63, 3.8) is 0 Å². The quantitative estimate of drug-likeness (QED) is 0.168. The first-order valence-electron chi connectivity index (χ1n) is 30.3. The molecule has 0 aromatic heterocycles. The Bertz CT molecular complexity index is 4360. The molecule has 0 saturated heterocycles. The summed E-state index contributed by atoms with van der Waals surface area (Å²) < 4.78 is 7.61. The first-order valence-corrected chi connectivity index (χ1v) is 30.3. The Labute approximate surface area is 492 Å². The SMILES string of the molecule is CC(C)(C)c1ccc2c(c1)B1c3cc(C(C)(C)C)cc4c3N3c5c(cc(C(C)(C)C)cc5B5c6cc7c(cc6N(c6ccccc6)c6cc(c1c3c65)N2)Nc1cc(C(C)(C)C)cc2c1B7c1cc(C(C)(C)C)ccc1N2c1ccccc1)O4. The van der Waals surface area contributed by atoms with Crippen molar-refractivity contribution in [2.75, 3.05) is 25.3 Å². The third-order valence-corrected chi connectivity index (χ3v) is 19.5. The molecule has 408 valence electrons. The molecule has 0 spiro atoms. The van der Waals surface area contributed by atoms with Crippen LogP contribution < -0.4 is 79.2 Å². The average molecular weight is 1080 g/mol. The molecule has 16 rings (SSSR count). The van der Waals surface area contributed by atoms with Crippen LogP contribution in [0.2, 0.25) is 0 Å². The van der Waals surface area contributed by atoms with E-state index in [1.165, 1.54) is 117 Å². The molecule has 6 nitrogen and oxygen atoms in total. The molecule has 9 aromatic rings. The third-order valence-electron chi connectivity index (χ3n) is 19.5. The lowest BCUT2D eigenvalue weighted by molar-refractivity contribution is 0.470. The Morgan fingerprint density at radius 1 is 0.301 bits per heavy atom. The molecule has 0 atom stereocenters. The molecule has 7 heterocycles. The molecule has 0 unspecified atom stereocenters. The fraction of sp³-hybridized carbons (Fsp3) is 0.270. The van der Waals surface area contributed by atoms with Crippen molar-refractivity contribution in [2.24, 2.45) is 0 Å². The molecule has 83 heavy (non-hydrogen) atoms. The Balaban J connectivity index is 1.03. The molecule has 7 aliphatic rings. The monoisotopic (exact) mass is 1080 g/mol. The van der Waals surface area contributed by atoms with Crippen LogP contribution in [0.1, 0.15) is 132 Å². The van der Waals surface area contributed by atoms with Crippen molar-refractivity contribution in [2.45, 2.75) is 131 Å². The number of hydrogen-bond donors (Lipinski definition) is 2. The fourth-order valence-electron chi connectivity index (χ4n) is 15.0. The summed E-state index contributed by atoms with van der Waals surface area (Å²) in [6.45, 7) is 34.9. The maximum atomic E-state index is 7.61. The van der Waals surface area contributed by atoms with Gasteiger partial charge in [0, 0.05) is 62.6 Å². The van der Waals surface area contributed by atoms with E-state index in [1.807, 2.05) is 0 Å². The summed E-state index contributed by atoms with van der Waals surface area (Å²) in [5.74, 6) is 1.86. The molecular weight excluding hydrogens is 1010 g/mol. The Morgan fingerprint density at radius 3 is 1.31 bits per heavy atom. The Kier molecular flexibility index (Phi) is 10.0. The summed E-state index contributed by atoms with van der Waals surface area (Å²) in [6.07, 6.45) is 0. The number of anilines is 13. The van der Waals surface area contributed by atoms with E-state index in [0.717, 1.165) is 45.6 Å². The van der Waals surface area contributed by atoms with Crippen LogP contribution in [0.25, 0.3) is 0 Å². The normalized spacial score (nSPS) is 15.3. The van der Waals surface area contributed by atoms with Gasteiger partial charge in [-0.1, -0.05) is 183 Å². The Hall–Kier alpha value is -8.03. The molecule has 0 fully saturated rings. The number of benzene rings is 9. The van der Waals surface area contributed by atoms with Gasteiger partial charge in [0.2, 0.25) is 0 Å². The first kappa shape index (κ1) is 50.7. The van der Waals surface area contributed by atoms with Crippen molar-refractivity contribution in [1.82, 2.24) is 0 Å². The standard InChI is InChI=1S/C74H72B3N5O/c1-70(2,3)41-26-28-54-48(30-41)76-52-32-43(72(7,8)9)36-62-67(52)82-68-53(33-44(73(10,11)12)37-63(68)83-62)77-51-38-49-55(39-59(51)81(47-24-20-17-21-25-47)61-40-57(78-54)65(76)69(82)66(61)77)79-56-34-45(74(13,14)15)35-60-64(56)75(49)50-31-42(71(4,5)6)27-29-58(50)80(60)46-22-18-16-19-23-46/h16-40,78-79H,1-15H3. The summed E-state index contributed by atoms with van der Waals surface area (Å²) in [5, 5.41) is 8.40. The van der Waals surface area contributed by atoms with E-state index in [9.17, 15) is 0 Å². The van der Waals surface area contributed by atoms with E-state index in [0.29, 0.717) is 0 Å². The van der Waals surface area contributed by atoms with Crippen LogP contribution in [0, 0.1) is 0 Å². The number of rotatable bonds is 2. The number of ether oxygens (including phenoxy) is 1. The molecule has 7 aliphatic heterocycles. The molecule has 0 amide bonds. The van der Waals surface area contributed by atoms with Gasteiger partial charge in [0.1, 0.15) is 0 Å². The fourth-order valence-corrected chi connectivity index (χ4v) is 15.0. The zero-order valence-electron chi connectivity index (χ0n) is 50.9. The second kappa shape index (κ2) is 16.4. The number of hydrogen-bond acceptors (Lipinski definition) is 6. The van der Waals surface area contributed by atoms with Crippen molar-refractivity contribution >= 4 is 143 Å². The van der Waals surface area contributed by atoms with Crippen molar-refractivity contribution in [1.29, 1.82) is 0 Å². The lowest BCUT2D eigenvalue weighted by Gasteiger charge is -2.52. The van der Waals surface area contributed by atoms with Crippen LogP contribution in [0.15, 0.2) is 152 Å². The van der Waals surface area contributed by atoms with Crippen LogP contribution in [0.5, 0.6) is 11.5 Å². The second-order valence-corrected chi connectivity index (χ2v) is 30.1. The van der Waals surface area contributed by atoms with Gasteiger partial charge < -0.3 is 30.1 Å². The predicted octanol–water partition coefficient (Wildman–Crippen LogP) is 13.6. The van der Waals surface area contributed by atoms with Gasteiger partial charge in [-0.25, -0.2) is 0 Å². The summed E-state index contributed by atoms with van der Waals surface area (Å²) in [5.41, 5.74) is 33.2. The third kappa shape index (κ3) is 7.12. The summed E-state index contributed by atoms with van der Waals surface area (Å²) >= 11 is 0. The lowest BCUT2D eigenvalue weighted by Crippen LogP contribution is -2.69. The van der Waals surface area contributed by atoms with Gasteiger partial charge in [0.25, 0.3) is 20.1 Å². The molecule has 0 aliphatic carbocycles. The molecule has 0 bridgehead atoms. The van der Waals surface area contributed by atoms with Crippen LogP contribution in [0.4, 0.5) is 73.9 Å². The second-order valence-electron chi connectivity index (χ2n) is 30.1. The van der Waals surface area contributed by atoms with Crippen LogP contribution in [0.3, 0.4) is 0 Å². The molecule has 2 N–H and O–H groups in total. The number of fused-ring (bicyclic) bond motifs is 10. The molecule has 9 heteroatoms. The minimum atomic E-state index is -0.168. The van der Waals surface area contributed by atoms with Crippen molar-refractivity contribution < 1.29 is 4.74 Å². The Morgan fingerprint density at radius 2 is 0.735 bits per heavy atom.